The maximum Gasteiger partial charge on any atom is 0.0359 e. The molecule has 0 aliphatic rings. The zero-order valence-electron chi connectivity index (χ0n) is 11.2. The third-order valence-electron chi connectivity index (χ3n) is 3.25. The number of nitrogens with one attached hydrogen (secondary N) is 1. The van der Waals surface area contributed by atoms with Crippen LogP contribution in [0.1, 0.15) is 46.2 Å². The second-order valence-corrected chi connectivity index (χ2v) is 5.31. The van der Waals surface area contributed by atoms with Crippen LogP contribution in [0, 0.1) is 5.41 Å². The van der Waals surface area contributed by atoms with E-state index in [0.29, 0.717) is 5.41 Å². The van der Waals surface area contributed by atoms with Crippen molar-refractivity contribution in [3.63, 3.8) is 0 Å². The first-order valence-corrected chi connectivity index (χ1v) is 6.44. The third kappa shape index (κ3) is 4.01. The van der Waals surface area contributed by atoms with Crippen LogP contribution in [-0.4, -0.2) is 11.1 Å². The van der Waals surface area contributed by atoms with Gasteiger partial charge in [-0.3, -0.25) is 0 Å². The lowest BCUT2D eigenvalue weighted by Crippen LogP contribution is -2.29. The molecule has 1 heterocycles. The molecule has 1 aromatic heterocycles. The molecular formula is C14H26N2. The summed E-state index contributed by atoms with van der Waals surface area (Å²) in [5.41, 5.74) is 1.80. The van der Waals surface area contributed by atoms with Crippen molar-refractivity contribution in [2.45, 2.75) is 53.6 Å². The molecule has 0 aliphatic heterocycles. The highest BCUT2D eigenvalue weighted by atomic mass is 15.0. The van der Waals surface area contributed by atoms with E-state index < -0.39 is 0 Å². The van der Waals surface area contributed by atoms with Crippen LogP contribution >= 0.6 is 0 Å². The van der Waals surface area contributed by atoms with E-state index >= 15 is 0 Å². The summed E-state index contributed by atoms with van der Waals surface area (Å²) in [5, 5.41) is 3.56. The Morgan fingerprint density at radius 3 is 2.69 bits per heavy atom. The molecule has 0 fully saturated rings. The minimum absolute atomic E-state index is 0.405. The lowest BCUT2D eigenvalue weighted by atomic mass is 9.90. The molecule has 0 radical (unpaired) electrons. The molecule has 0 amide bonds. The largest absolute Gasteiger partial charge is 0.350 e. The fourth-order valence-electron chi connectivity index (χ4n) is 1.72. The number of rotatable bonds is 7. The van der Waals surface area contributed by atoms with Gasteiger partial charge in [0.2, 0.25) is 0 Å². The first-order chi connectivity index (χ1) is 7.59. The summed E-state index contributed by atoms with van der Waals surface area (Å²) >= 11 is 0. The monoisotopic (exact) mass is 222 g/mol. The fraction of sp³-hybridized carbons (Fsp3) is 0.714. The van der Waals surface area contributed by atoms with Gasteiger partial charge in [0.05, 0.1) is 0 Å². The molecule has 16 heavy (non-hydrogen) atoms. The Kier molecular flexibility index (Phi) is 5.07. The van der Waals surface area contributed by atoms with Gasteiger partial charge in [-0.2, -0.15) is 0 Å². The Bertz CT molecular complexity index is 299. The molecule has 0 bridgehead atoms. The molecule has 0 saturated heterocycles. The van der Waals surface area contributed by atoms with Crippen LogP contribution in [0.4, 0.5) is 0 Å². The smallest absolute Gasteiger partial charge is 0.0359 e. The Labute approximate surface area is 100 Å². The summed E-state index contributed by atoms with van der Waals surface area (Å²) in [7, 11) is 0. The standard InChI is InChI=1S/C14H26N2/c1-5-9-16-10-7-8-13(16)11-15-12-14(3,4)6-2/h7-8,10,15H,5-6,9,11-12H2,1-4H3. The zero-order valence-corrected chi connectivity index (χ0v) is 11.2. The lowest BCUT2D eigenvalue weighted by molar-refractivity contribution is 0.326. The van der Waals surface area contributed by atoms with Crippen molar-refractivity contribution in [1.82, 2.24) is 9.88 Å². The first-order valence-electron chi connectivity index (χ1n) is 6.44. The second kappa shape index (κ2) is 6.09. The molecule has 1 aromatic rings. The molecule has 92 valence electrons. The number of hydrogen-bond donors (Lipinski definition) is 1. The summed E-state index contributed by atoms with van der Waals surface area (Å²) < 4.78 is 2.34. The molecular weight excluding hydrogens is 196 g/mol. The number of aromatic nitrogens is 1. The van der Waals surface area contributed by atoms with Gasteiger partial charge >= 0.3 is 0 Å². The van der Waals surface area contributed by atoms with Gasteiger partial charge in [-0.25, -0.2) is 0 Å². The predicted octanol–water partition coefficient (Wildman–Crippen LogP) is 3.42. The van der Waals surface area contributed by atoms with Crippen molar-refractivity contribution in [1.29, 1.82) is 0 Å². The normalized spacial score (nSPS) is 12.0. The summed E-state index contributed by atoms with van der Waals surface area (Å²) in [4.78, 5) is 0. The zero-order chi connectivity index (χ0) is 12.0. The highest BCUT2D eigenvalue weighted by Gasteiger charge is 2.14. The molecule has 1 N–H and O–H groups in total. The highest BCUT2D eigenvalue weighted by Crippen LogP contribution is 2.17. The summed E-state index contributed by atoms with van der Waals surface area (Å²) in [6.45, 7) is 12.3. The Hall–Kier alpha value is -0.760. The van der Waals surface area contributed by atoms with Crippen LogP contribution in [0.5, 0.6) is 0 Å². The molecule has 2 nitrogen and oxygen atoms in total. The maximum atomic E-state index is 3.56. The van der Waals surface area contributed by atoms with Gasteiger partial charge in [0.15, 0.2) is 0 Å². The van der Waals surface area contributed by atoms with Crippen LogP contribution in [-0.2, 0) is 13.1 Å². The second-order valence-electron chi connectivity index (χ2n) is 5.31. The van der Waals surface area contributed by atoms with E-state index in [1.165, 1.54) is 18.5 Å². The van der Waals surface area contributed by atoms with Gasteiger partial charge in [-0.1, -0.05) is 27.7 Å². The van der Waals surface area contributed by atoms with Crippen LogP contribution in [0.2, 0.25) is 0 Å². The molecule has 0 saturated carbocycles. The van der Waals surface area contributed by atoms with E-state index in [-0.39, 0.29) is 0 Å². The Morgan fingerprint density at radius 2 is 2.06 bits per heavy atom. The van der Waals surface area contributed by atoms with Gasteiger partial charge in [0, 0.05) is 31.5 Å². The van der Waals surface area contributed by atoms with Crippen molar-refractivity contribution in [3.05, 3.63) is 24.0 Å². The van der Waals surface area contributed by atoms with Gasteiger partial charge in [0.25, 0.3) is 0 Å². The van der Waals surface area contributed by atoms with E-state index in [1.54, 1.807) is 0 Å². The first kappa shape index (κ1) is 13.3. The topological polar surface area (TPSA) is 17.0 Å². The number of nitrogens with zero attached hydrogens (tertiary/aromatic N) is 1. The Balaban J connectivity index is 2.39. The average molecular weight is 222 g/mol. The van der Waals surface area contributed by atoms with E-state index in [2.05, 4.69) is 55.9 Å². The van der Waals surface area contributed by atoms with E-state index in [1.807, 2.05) is 0 Å². The van der Waals surface area contributed by atoms with Crippen molar-refractivity contribution < 1.29 is 0 Å². The van der Waals surface area contributed by atoms with Gasteiger partial charge in [-0.15, -0.1) is 0 Å². The fourth-order valence-corrected chi connectivity index (χ4v) is 1.72. The summed E-state index contributed by atoms with van der Waals surface area (Å²) in [5.74, 6) is 0. The van der Waals surface area contributed by atoms with E-state index in [0.717, 1.165) is 19.6 Å². The Morgan fingerprint density at radius 1 is 1.31 bits per heavy atom. The van der Waals surface area contributed by atoms with Crippen LogP contribution in [0.15, 0.2) is 18.3 Å². The highest BCUT2D eigenvalue weighted by molar-refractivity contribution is 5.06. The predicted molar refractivity (Wildman–Crippen MR) is 70.5 cm³/mol. The molecule has 2 heteroatoms. The maximum absolute atomic E-state index is 3.56. The molecule has 0 aliphatic carbocycles. The minimum Gasteiger partial charge on any atom is -0.350 e. The van der Waals surface area contributed by atoms with Crippen molar-refractivity contribution in [3.8, 4) is 0 Å². The number of aryl methyl sites for hydroxylation is 1. The lowest BCUT2D eigenvalue weighted by Gasteiger charge is -2.23. The summed E-state index contributed by atoms with van der Waals surface area (Å²) in [6.07, 6.45) is 4.59. The van der Waals surface area contributed by atoms with E-state index in [4.69, 9.17) is 0 Å². The van der Waals surface area contributed by atoms with Gasteiger partial charge in [-0.05, 0) is 30.4 Å². The summed E-state index contributed by atoms with van der Waals surface area (Å²) in [6, 6.07) is 4.35. The van der Waals surface area contributed by atoms with Crippen LogP contribution in [0.25, 0.3) is 0 Å². The van der Waals surface area contributed by atoms with Crippen molar-refractivity contribution in [2.75, 3.05) is 6.54 Å². The molecule has 0 aromatic carbocycles. The number of hydrogen-bond acceptors (Lipinski definition) is 1. The molecule has 1 rings (SSSR count). The van der Waals surface area contributed by atoms with Crippen LogP contribution < -0.4 is 5.32 Å². The SMILES string of the molecule is CCCn1cccc1CNCC(C)(C)CC. The van der Waals surface area contributed by atoms with E-state index in [9.17, 15) is 0 Å². The average Bonchev–Trinajstić information content (AvgIpc) is 2.66. The van der Waals surface area contributed by atoms with Crippen molar-refractivity contribution in [2.24, 2.45) is 5.41 Å². The van der Waals surface area contributed by atoms with Crippen molar-refractivity contribution >= 4 is 0 Å². The molecule has 0 unspecified atom stereocenters. The van der Waals surface area contributed by atoms with Gasteiger partial charge < -0.3 is 9.88 Å². The van der Waals surface area contributed by atoms with Crippen LogP contribution in [0.3, 0.4) is 0 Å². The minimum atomic E-state index is 0.405. The quantitative estimate of drug-likeness (QED) is 0.748. The molecule has 0 spiro atoms. The third-order valence-corrected chi connectivity index (χ3v) is 3.25. The van der Waals surface area contributed by atoms with Gasteiger partial charge in [0.1, 0.15) is 0 Å². The molecule has 0 atom stereocenters.